The number of amidine groups is 1. The Bertz CT molecular complexity index is 637. The average Bonchev–Trinajstić information content (AvgIpc) is 2.89. The number of fused-ring (bicyclic) bond motifs is 1. The molecule has 21 heavy (non-hydrogen) atoms. The van der Waals surface area contributed by atoms with Gasteiger partial charge in [-0.1, -0.05) is 30.3 Å². The van der Waals surface area contributed by atoms with Crippen LogP contribution in [0.1, 0.15) is 17.0 Å². The number of hydrogen-bond donors (Lipinski definition) is 2. The molecule has 1 aliphatic heterocycles. The average molecular weight is 282 g/mol. The van der Waals surface area contributed by atoms with E-state index in [4.69, 9.17) is 20.6 Å². The number of nitrogens with one attached hydrogen (secondary N) is 1. The smallest absolute Gasteiger partial charge is 0.123 e. The molecule has 0 bridgehead atoms. The summed E-state index contributed by atoms with van der Waals surface area (Å²) in [5, 5.41) is 7.28. The van der Waals surface area contributed by atoms with Gasteiger partial charge < -0.3 is 15.2 Å². The van der Waals surface area contributed by atoms with Gasteiger partial charge in [-0.05, 0) is 23.8 Å². The van der Waals surface area contributed by atoms with Crippen molar-refractivity contribution < 1.29 is 9.47 Å². The monoisotopic (exact) mass is 282 g/mol. The Morgan fingerprint density at radius 3 is 2.71 bits per heavy atom. The zero-order valence-electron chi connectivity index (χ0n) is 11.7. The molecule has 0 saturated carbocycles. The second-order valence-corrected chi connectivity index (χ2v) is 5.20. The van der Waals surface area contributed by atoms with Gasteiger partial charge in [0.15, 0.2) is 0 Å². The molecule has 0 aliphatic carbocycles. The summed E-state index contributed by atoms with van der Waals surface area (Å²) in [5.41, 5.74) is 7.62. The molecule has 2 aromatic rings. The van der Waals surface area contributed by atoms with E-state index in [1.165, 1.54) is 5.56 Å². The van der Waals surface area contributed by atoms with Crippen molar-refractivity contribution in [3.8, 4) is 11.5 Å². The third kappa shape index (κ3) is 3.16. The Hall–Kier alpha value is -2.49. The van der Waals surface area contributed by atoms with Crippen LogP contribution in [0.2, 0.25) is 0 Å². The van der Waals surface area contributed by atoms with Gasteiger partial charge in [0.1, 0.15) is 11.5 Å². The van der Waals surface area contributed by atoms with Gasteiger partial charge in [-0.3, -0.25) is 5.41 Å². The van der Waals surface area contributed by atoms with E-state index in [-0.39, 0.29) is 11.8 Å². The van der Waals surface area contributed by atoms with Crippen molar-refractivity contribution >= 4 is 5.84 Å². The number of rotatable bonds is 5. The second-order valence-electron chi connectivity index (χ2n) is 5.20. The summed E-state index contributed by atoms with van der Waals surface area (Å²) in [6, 6.07) is 15.8. The maximum absolute atomic E-state index is 7.28. The van der Waals surface area contributed by atoms with Crippen molar-refractivity contribution in [1.29, 1.82) is 5.41 Å². The molecule has 3 N–H and O–H groups in total. The van der Waals surface area contributed by atoms with Gasteiger partial charge in [-0.15, -0.1) is 0 Å². The number of nitrogens with two attached hydrogens (primary N) is 1. The highest BCUT2D eigenvalue weighted by atomic mass is 16.5. The van der Waals surface area contributed by atoms with Crippen LogP contribution in [0.4, 0.5) is 0 Å². The highest BCUT2D eigenvalue weighted by Crippen LogP contribution is 2.33. The minimum absolute atomic E-state index is 0.170. The van der Waals surface area contributed by atoms with Crippen molar-refractivity contribution in [3.63, 3.8) is 0 Å². The Morgan fingerprint density at radius 1 is 1.19 bits per heavy atom. The van der Waals surface area contributed by atoms with Crippen LogP contribution in [0, 0.1) is 5.41 Å². The molecular weight excluding hydrogens is 264 g/mol. The van der Waals surface area contributed by atoms with E-state index in [2.05, 4.69) is 6.07 Å². The van der Waals surface area contributed by atoms with Crippen LogP contribution in [0.5, 0.6) is 11.5 Å². The van der Waals surface area contributed by atoms with Crippen LogP contribution in [-0.4, -0.2) is 19.0 Å². The molecule has 2 aromatic carbocycles. The molecule has 0 saturated heterocycles. The Balaban J connectivity index is 1.60. The minimum atomic E-state index is 0.170. The van der Waals surface area contributed by atoms with Crippen LogP contribution >= 0.6 is 0 Å². The zero-order valence-corrected chi connectivity index (χ0v) is 11.7. The van der Waals surface area contributed by atoms with Crippen molar-refractivity contribution in [2.75, 3.05) is 13.2 Å². The molecule has 0 amide bonds. The lowest BCUT2D eigenvalue weighted by atomic mass is 10.0. The predicted octanol–water partition coefficient (Wildman–Crippen LogP) is 2.72. The summed E-state index contributed by atoms with van der Waals surface area (Å²) in [5.74, 6) is 2.23. The minimum Gasteiger partial charge on any atom is -0.493 e. The molecule has 0 radical (unpaired) electrons. The molecule has 1 atom stereocenters. The molecule has 1 heterocycles. The largest absolute Gasteiger partial charge is 0.493 e. The summed E-state index contributed by atoms with van der Waals surface area (Å²) >= 11 is 0. The third-order valence-corrected chi connectivity index (χ3v) is 3.57. The quantitative estimate of drug-likeness (QED) is 0.654. The van der Waals surface area contributed by atoms with Crippen molar-refractivity contribution in [2.45, 2.75) is 12.3 Å². The lowest BCUT2D eigenvalue weighted by Gasteiger charge is -2.11. The molecule has 108 valence electrons. The maximum Gasteiger partial charge on any atom is 0.123 e. The van der Waals surface area contributed by atoms with Crippen LogP contribution in [0.3, 0.4) is 0 Å². The van der Waals surface area contributed by atoms with Crippen molar-refractivity contribution in [1.82, 2.24) is 0 Å². The summed E-state index contributed by atoms with van der Waals surface area (Å²) in [7, 11) is 0. The number of ether oxygens (including phenoxy) is 2. The van der Waals surface area contributed by atoms with Gasteiger partial charge in [0.05, 0.1) is 25.0 Å². The SMILES string of the molecule is N=C(N)Cc1ccc(OCC2COc3ccccc32)cc1. The fourth-order valence-electron chi connectivity index (χ4n) is 2.49. The second kappa shape index (κ2) is 5.87. The van der Waals surface area contributed by atoms with E-state index in [0.29, 0.717) is 19.6 Å². The van der Waals surface area contributed by atoms with E-state index >= 15 is 0 Å². The third-order valence-electron chi connectivity index (χ3n) is 3.57. The highest BCUT2D eigenvalue weighted by Gasteiger charge is 2.24. The fourth-order valence-corrected chi connectivity index (χ4v) is 2.49. The van der Waals surface area contributed by atoms with Crippen molar-refractivity contribution in [3.05, 3.63) is 59.7 Å². The number of para-hydroxylation sites is 1. The molecule has 1 aliphatic rings. The molecule has 0 aromatic heterocycles. The van der Waals surface area contributed by atoms with Crippen LogP contribution in [-0.2, 0) is 6.42 Å². The number of hydrogen-bond acceptors (Lipinski definition) is 3. The Labute approximate surface area is 124 Å². The zero-order chi connectivity index (χ0) is 14.7. The van der Waals surface area contributed by atoms with E-state index in [1.807, 2.05) is 42.5 Å². The lowest BCUT2D eigenvalue weighted by molar-refractivity contribution is 0.248. The number of benzene rings is 2. The Morgan fingerprint density at radius 2 is 1.95 bits per heavy atom. The molecular formula is C17H18N2O2. The van der Waals surface area contributed by atoms with Gasteiger partial charge in [-0.25, -0.2) is 0 Å². The van der Waals surface area contributed by atoms with Crippen LogP contribution in [0.25, 0.3) is 0 Å². The standard InChI is InChI=1S/C17H18N2O2/c18-17(19)9-12-5-7-14(8-6-12)20-10-13-11-21-16-4-2-1-3-15(13)16/h1-8,13H,9-11H2,(H3,18,19). The van der Waals surface area contributed by atoms with Gasteiger partial charge in [-0.2, -0.15) is 0 Å². The van der Waals surface area contributed by atoms with Gasteiger partial charge >= 0.3 is 0 Å². The first-order chi connectivity index (χ1) is 10.2. The summed E-state index contributed by atoms with van der Waals surface area (Å²) < 4.78 is 11.5. The van der Waals surface area contributed by atoms with Crippen LogP contribution < -0.4 is 15.2 Å². The van der Waals surface area contributed by atoms with E-state index < -0.39 is 0 Å². The summed E-state index contributed by atoms with van der Waals surface area (Å²) in [4.78, 5) is 0. The first-order valence-electron chi connectivity index (χ1n) is 6.99. The molecule has 4 heteroatoms. The topological polar surface area (TPSA) is 68.3 Å². The summed E-state index contributed by atoms with van der Waals surface area (Å²) in [6.45, 7) is 1.27. The van der Waals surface area contributed by atoms with Gasteiger partial charge in [0, 0.05) is 12.0 Å². The Kier molecular flexibility index (Phi) is 3.77. The first-order valence-corrected chi connectivity index (χ1v) is 6.99. The van der Waals surface area contributed by atoms with Gasteiger partial charge in [0.2, 0.25) is 0 Å². The van der Waals surface area contributed by atoms with E-state index in [0.717, 1.165) is 17.1 Å². The predicted molar refractivity (Wildman–Crippen MR) is 82.2 cm³/mol. The normalized spacial score (nSPS) is 16.1. The molecule has 0 fully saturated rings. The highest BCUT2D eigenvalue weighted by molar-refractivity contribution is 5.79. The maximum atomic E-state index is 7.28. The molecule has 1 unspecified atom stereocenters. The first kappa shape index (κ1) is 13.5. The molecule has 0 spiro atoms. The fraction of sp³-hybridized carbons (Fsp3) is 0.235. The van der Waals surface area contributed by atoms with E-state index in [1.54, 1.807) is 0 Å². The summed E-state index contributed by atoms with van der Waals surface area (Å²) in [6.07, 6.45) is 0.476. The molecule has 3 rings (SSSR count). The van der Waals surface area contributed by atoms with E-state index in [9.17, 15) is 0 Å². The molecule has 4 nitrogen and oxygen atoms in total. The van der Waals surface area contributed by atoms with Crippen LogP contribution in [0.15, 0.2) is 48.5 Å². The van der Waals surface area contributed by atoms with Gasteiger partial charge in [0.25, 0.3) is 0 Å². The van der Waals surface area contributed by atoms with Crippen molar-refractivity contribution in [2.24, 2.45) is 5.73 Å². The lowest BCUT2D eigenvalue weighted by Crippen LogP contribution is -2.13.